The third-order valence-electron chi connectivity index (χ3n) is 3.26. The van der Waals surface area contributed by atoms with Crippen molar-refractivity contribution in [3.8, 4) is 0 Å². The molecular weight excluding hydrogens is 250 g/mol. The summed E-state index contributed by atoms with van der Waals surface area (Å²) in [6, 6.07) is 8.61. The Labute approximate surface area is 120 Å². The fraction of sp³-hybridized carbons (Fsp3) is 0.533. The van der Waals surface area contributed by atoms with E-state index in [9.17, 15) is 0 Å². The number of aromatic nitrogens is 4. The van der Waals surface area contributed by atoms with Crippen LogP contribution in [0.25, 0.3) is 0 Å². The molecule has 0 fully saturated rings. The summed E-state index contributed by atoms with van der Waals surface area (Å²) in [5.41, 5.74) is 2.51. The second-order valence-corrected chi connectivity index (χ2v) is 6.23. The molecule has 1 heterocycles. The van der Waals surface area contributed by atoms with Gasteiger partial charge in [0, 0.05) is 5.54 Å². The average molecular weight is 273 g/mol. The van der Waals surface area contributed by atoms with E-state index in [0.29, 0.717) is 6.54 Å². The molecule has 1 N–H and O–H groups in total. The third kappa shape index (κ3) is 3.63. The summed E-state index contributed by atoms with van der Waals surface area (Å²) < 4.78 is 1.88. The summed E-state index contributed by atoms with van der Waals surface area (Å²) in [5.74, 6) is 0.855. The number of aryl methyl sites for hydroxylation is 1. The zero-order valence-corrected chi connectivity index (χ0v) is 12.9. The molecule has 0 aliphatic carbocycles. The molecule has 108 valence electrons. The van der Waals surface area contributed by atoms with E-state index >= 15 is 0 Å². The monoisotopic (exact) mass is 273 g/mol. The van der Waals surface area contributed by atoms with Crippen molar-refractivity contribution in [2.75, 3.05) is 0 Å². The second kappa shape index (κ2) is 5.71. The number of nitrogens with one attached hydrogen (secondary N) is 1. The lowest BCUT2D eigenvalue weighted by Crippen LogP contribution is -2.36. The summed E-state index contributed by atoms with van der Waals surface area (Å²) in [5, 5.41) is 15.5. The zero-order chi connectivity index (χ0) is 14.8. The molecule has 0 saturated carbocycles. The van der Waals surface area contributed by atoms with Crippen LogP contribution in [0.2, 0.25) is 0 Å². The number of tetrazole rings is 1. The van der Waals surface area contributed by atoms with Gasteiger partial charge in [0.05, 0.1) is 12.6 Å². The maximum absolute atomic E-state index is 4.13. The van der Waals surface area contributed by atoms with E-state index in [1.165, 1.54) is 11.1 Å². The van der Waals surface area contributed by atoms with Gasteiger partial charge in [0.25, 0.3) is 0 Å². The molecule has 0 spiro atoms. The quantitative estimate of drug-likeness (QED) is 0.930. The highest BCUT2D eigenvalue weighted by Gasteiger charge is 2.16. The molecule has 0 radical (unpaired) electrons. The molecule has 0 saturated heterocycles. The predicted octanol–water partition coefficient (Wildman–Crippen LogP) is 2.48. The third-order valence-corrected chi connectivity index (χ3v) is 3.26. The molecule has 1 atom stereocenters. The van der Waals surface area contributed by atoms with Gasteiger partial charge < -0.3 is 5.32 Å². The van der Waals surface area contributed by atoms with Crippen LogP contribution in [-0.2, 0) is 6.54 Å². The Morgan fingerprint density at radius 1 is 1.20 bits per heavy atom. The van der Waals surface area contributed by atoms with Gasteiger partial charge in [0.1, 0.15) is 0 Å². The Hall–Kier alpha value is -1.75. The van der Waals surface area contributed by atoms with Gasteiger partial charge >= 0.3 is 0 Å². The maximum atomic E-state index is 4.13. The molecule has 5 nitrogen and oxygen atoms in total. The van der Waals surface area contributed by atoms with Crippen LogP contribution >= 0.6 is 0 Å². The Kier molecular flexibility index (Phi) is 4.18. The number of benzene rings is 1. The summed E-state index contributed by atoms with van der Waals surface area (Å²) in [4.78, 5) is 0. The first-order valence-electron chi connectivity index (χ1n) is 6.95. The molecule has 1 aromatic carbocycles. The van der Waals surface area contributed by atoms with Crippen LogP contribution < -0.4 is 5.32 Å². The van der Waals surface area contributed by atoms with Crippen molar-refractivity contribution < 1.29 is 0 Å². The Morgan fingerprint density at radius 3 is 2.45 bits per heavy atom. The van der Waals surface area contributed by atoms with Crippen LogP contribution in [0.5, 0.6) is 0 Å². The van der Waals surface area contributed by atoms with Gasteiger partial charge in [-0.25, -0.2) is 4.68 Å². The highest BCUT2D eigenvalue weighted by molar-refractivity contribution is 5.24. The zero-order valence-electron chi connectivity index (χ0n) is 12.9. The summed E-state index contributed by atoms with van der Waals surface area (Å²) in [7, 11) is 0. The van der Waals surface area contributed by atoms with Crippen LogP contribution in [-0.4, -0.2) is 25.7 Å². The lowest BCUT2D eigenvalue weighted by atomic mass is 10.1. The van der Waals surface area contributed by atoms with E-state index in [1.54, 1.807) is 0 Å². The van der Waals surface area contributed by atoms with E-state index in [0.717, 1.165) is 5.82 Å². The van der Waals surface area contributed by atoms with Crippen molar-refractivity contribution >= 4 is 0 Å². The Balaban J connectivity index is 2.16. The van der Waals surface area contributed by atoms with Crippen LogP contribution in [0.1, 0.15) is 50.7 Å². The van der Waals surface area contributed by atoms with Gasteiger partial charge in [-0.05, 0) is 50.6 Å². The van der Waals surface area contributed by atoms with Gasteiger partial charge in [0.2, 0.25) is 0 Å². The Bertz CT molecular complexity index is 550. The fourth-order valence-electron chi connectivity index (χ4n) is 1.96. The maximum Gasteiger partial charge on any atom is 0.165 e. The van der Waals surface area contributed by atoms with Crippen molar-refractivity contribution in [3.05, 3.63) is 41.2 Å². The number of hydrogen-bond acceptors (Lipinski definition) is 4. The molecule has 1 unspecified atom stereocenters. The van der Waals surface area contributed by atoms with Crippen molar-refractivity contribution in [1.82, 2.24) is 25.5 Å². The second-order valence-electron chi connectivity index (χ2n) is 6.23. The summed E-state index contributed by atoms with van der Waals surface area (Å²) >= 11 is 0. The molecule has 2 aromatic rings. The minimum absolute atomic E-state index is 0.0455. The molecule has 1 aromatic heterocycles. The smallest absolute Gasteiger partial charge is 0.165 e. The molecule has 5 heteroatoms. The van der Waals surface area contributed by atoms with Gasteiger partial charge in [-0.1, -0.05) is 29.8 Å². The topological polar surface area (TPSA) is 55.6 Å². The standard InChI is InChI=1S/C15H23N5/c1-11-6-8-13(9-7-11)12(2)20-14(17-18-19-20)10-16-15(3,4)5/h6-9,12,16H,10H2,1-5H3. The summed E-state index contributed by atoms with van der Waals surface area (Å²) in [6.45, 7) is 11.2. The largest absolute Gasteiger partial charge is 0.305 e. The van der Waals surface area contributed by atoms with Gasteiger partial charge in [-0.3, -0.25) is 0 Å². The summed E-state index contributed by atoms with van der Waals surface area (Å²) in [6.07, 6.45) is 0. The average Bonchev–Trinajstić information content (AvgIpc) is 2.84. The molecule has 0 amide bonds. The van der Waals surface area contributed by atoms with E-state index in [-0.39, 0.29) is 11.6 Å². The first kappa shape index (κ1) is 14.7. The Morgan fingerprint density at radius 2 is 1.85 bits per heavy atom. The van der Waals surface area contributed by atoms with E-state index in [1.807, 2.05) is 4.68 Å². The fourth-order valence-corrected chi connectivity index (χ4v) is 1.96. The van der Waals surface area contributed by atoms with Gasteiger partial charge in [-0.15, -0.1) is 5.10 Å². The molecule has 0 aliphatic rings. The van der Waals surface area contributed by atoms with Crippen molar-refractivity contribution in [1.29, 1.82) is 0 Å². The van der Waals surface area contributed by atoms with Crippen molar-refractivity contribution in [2.24, 2.45) is 0 Å². The van der Waals surface area contributed by atoms with E-state index in [4.69, 9.17) is 0 Å². The number of rotatable bonds is 4. The lowest BCUT2D eigenvalue weighted by molar-refractivity contribution is 0.403. The van der Waals surface area contributed by atoms with E-state index < -0.39 is 0 Å². The number of hydrogen-bond donors (Lipinski definition) is 1. The highest BCUT2D eigenvalue weighted by atomic mass is 15.6. The normalized spacial score (nSPS) is 13.4. The van der Waals surface area contributed by atoms with Crippen molar-refractivity contribution in [2.45, 2.75) is 52.7 Å². The van der Waals surface area contributed by atoms with Gasteiger partial charge in [-0.2, -0.15) is 0 Å². The van der Waals surface area contributed by atoms with Crippen molar-refractivity contribution in [3.63, 3.8) is 0 Å². The first-order chi connectivity index (χ1) is 9.37. The van der Waals surface area contributed by atoms with Crippen LogP contribution in [0.4, 0.5) is 0 Å². The lowest BCUT2D eigenvalue weighted by Gasteiger charge is -2.21. The first-order valence-corrected chi connectivity index (χ1v) is 6.95. The molecular formula is C15H23N5. The minimum atomic E-state index is 0.0455. The molecule has 2 rings (SSSR count). The predicted molar refractivity (Wildman–Crippen MR) is 79.4 cm³/mol. The number of nitrogens with zero attached hydrogens (tertiary/aromatic N) is 4. The molecule has 0 aliphatic heterocycles. The molecule has 0 bridgehead atoms. The van der Waals surface area contributed by atoms with Gasteiger partial charge in [0.15, 0.2) is 5.82 Å². The van der Waals surface area contributed by atoms with Crippen LogP contribution in [0.3, 0.4) is 0 Å². The van der Waals surface area contributed by atoms with Crippen LogP contribution in [0.15, 0.2) is 24.3 Å². The molecule has 20 heavy (non-hydrogen) atoms. The SMILES string of the molecule is Cc1ccc(C(C)n2nnnc2CNC(C)(C)C)cc1. The van der Waals surface area contributed by atoms with E-state index in [2.05, 4.69) is 79.7 Å². The minimum Gasteiger partial charge on any atom is -0.305 e. The van der Waals surface area contributed by atoms with Crippen LogP contribution in [0, 0.1) is 6.92 Å². The highest BCUT2D eigenvalue weighted by Crippen LogP contribution is 2.18.